The summed E-state index contributed by atoms with van der Waals surface area (Å²) in [7, 11) is 2.86. The average Bonchev–Trinajstić information content (AvgIpc) is 3.59. The van der Waals surface area contributed by atoms with Crippen LogP contribution in [0.25, 0.3) is 27.1 Å². The van der Waals surface area contributed by atoms with Crippen LogP contribution in [-0.2, 0) is 0 Å². The predicted octanol–water partition coefficient (Wildman–Crippen LogP) is 6.23. The number of nitrogen functional groups attached to an aromatic ring is 1. The molecule has 0 radical (unpaired) electrons. The first kappa shape index (κ1) is 30.6. The number of anilines is 3. The van der Waals surface area contributed by atoms with Crippen LogP contribution in [0.3, 0.4) is 0 Å². The molecular weight excluding hydrogens is 698 g/mol. The maximum Gasteiger partial charge on any atom is 0.258 e. The van der Waals surface area contributed by atoms with E-state index in [2.05, 4.69) is 48.0 Å². The van der Waals surface area contributed by atoms with E-state index in [0.29, 0.717) is 37.2 Å². The molecule has 3 N–H and O–H groups in total. The van der Waals surface area contributed by atoms with E-state index in [0.717, 1.165) is 32.7 Å². The second-order valence-corrected chi connectivity index (χ2v) is 12.3. The van der Waals surface area contributed by atoms with Crippen LogP contribution in [0.15, 0.2) is 28.3 Å². The predicted molar refractivity (Wildman–Crippen MR) is 176 cm³/mol. The molecule has 1 fully saturated rings. The highest BCUT2D eigenvalue weighted by atomic mass is 79.9. The average molecular weight is 724 g/mol. The first-order valence-electron chi connectivity index (χ1n) is 13.5. The maximum absolute atomic E-state index is 15.6. The van der Waals surface area contributed by atoms with Gasteiger partial charge in [0, 0.05) is 37.6 Å². The van der Waals surface area contributed by atoms with Gasteiger partial charge in [0.1, 0.15) is 26.7 Å². The second kappa shape index (κ2) is 12.2. The number of nitrogens with zero attached hydrogens (tertiary/aromatic N) is 6. The SMILES string of the molecule is CCN1CCN(c2cc3nc(N)n(-c4ncnc5c(C(=O)Nc6c(Cl)c(OC)c(Br)c(OC)c6Cl)csc45)c3cc2F)CC1. The summed E-state index contributed by atoms with van der Waals surface area (Å²) in [5, 5.41) is 4.56. The van der Waals surface area contributed by atoms with Crippen molar-refractivity contribution in [1.29, 1.82) is 0 Å². The lowest BCUT2D eigenvalue weighted by molar-refractivity contribution is 0.102. The van der Waals surface area contributed by atoms with Gasteiger partial charge in [0.2, 0.25) is 5.95 Å². The van der Waals surface area contributed by atoms with Crippen LogP contribution < -0.4 is 25.4 Å². The van der Waals surface area contributed by atoms with E-state index in [1.165, 1.54) is 38.0 Å². The van der Waals surface area contributed by atoms with Gasteiger partial charge in [0.15, 0.2) is 17.3 Å². The lowest BCUT2D eigenvalue weighted by atomic mass is 10.2. The van der Waals surface area contributed by atoms with Crippen molar-refractivity contribution in [2.45, 2.75) is 6.92 Å². The van der Waals surface area contributed by atoms with Gasteiger partial charge in [-0.1, -0.05) is 30.1 Å². The van der Waals surface area contributed by atoms with Gasteiger partial charge >= 0.3 is 0 Å². The van der Waals surface area contributed by atoms with Gasteiger partial charge in [-0.3, -0.25) is 9.36 Å². The quantitative estimate of drug-likeness (QED) is 0.201. The van der Waals surface area contributed by atoms with Gasteiger partial charge in [0.25, 0.3) is 5.91 Å². The summed E-state index contributed by atoms with van der Waals surface area (Å²) in [6.07, 6.45) is 1.32. The van der Waals surface area contributed by atoms with Gasteiger partial charge in [-0.25, -0.2) is 19.3 Å². The highest BCUT2D eigenvalue weighted by Crippen LogP contribution is 2.50. The van der Waals surface area contributed by atoms with Gasteiger partial charge in [-0.05, 0) is 28.5 Å². The van der Waals surface area contributed by atoms with E-state index >= 15 is 4.39 Å². The molecule has 0 spiro atoms. The number of ether oxygens (including phenoxy) is 2. The Balaban J connectivity index is 1.38. The van der Waals surface area contributed by atoms with Crippen LogP contribution >= 0.6 is 50.5 Å². The number of halogens is 4. The van der Waals surface area contributed by atoms with Crippen molar-refractivity contribution in [3.63, 3.8) is 0 Å². The van der Waals surface area contributed by atoms with Crippen LogP contribution in [0.2, 0.25) is 10.0 Å². The molecule has 4 heterocycles. The lowest BCUT2D eigenvalue weighted by Crippen LogP contribution is -2.46. The van der Waals surface area contributed by atoms with Crippen LogP contribution in [0.5, 0.6) is 11.5 Å². The molecule has 230 valence electrons. The number of amides is 1. The molecule has 0 unspecified atom stereocenters. The number of benzene rings is 2. The van der Waals surface area contributed by atoms with Crippen LogP contribution in [0.1, 0.15) is 17.3 Å². The third-order valence-corrected chi connectivity index (χ3v) is 9.99. The largest absolute Gasteiger partial charge is 0.494 e. The minimum atomic E-state index is -0.529. The first-order chi connectivity index (χ1) is 21.2. The van der Waals surface area contributed by atoms with Crippen LogP contribution in [0.4, 0.5) is 21.7 Å². The summed E-state index contributed by atoms with van der Waals surface area (Å²) < 4.78 is 28.8. The summed E-state index contributed by atoms with van der Waals surface area (Å²) in [6.45, 7) is 6.24. The molecule has 1 aliphatic heterocycles. The number of methoxy groups -OCH3 is 2. The number of carbonyl (C=O) groups is 1. The van der Waals surface area contributed by atoms with Gasteiger partial charge < -0.3 is 30.3 Å². The van der Waals surface area contributed by atoms with Crippen molar-refractivity contribution >= 4 is 94.9 Å². The Labute approximate surface area is 273 Å². The zero-order valence-electron chi connectivity index (χ0n) is 23.8. The van der Waals surface area contributed by atoms with Crippen LogP contribution in [-0.4, -0.2) is 77.3 Å². The van der Waals surface area contributed by atoms with E-state index < -0.39 is 5.91 Å². The maximum atomic E-state index is 15.6. The highest BCUT2D eigenvalue weighted by Gasteiger charge is 2.27. The molecular formula is C28H26BrCl2FN8O3S. The van der Waals surface area contributed by atoms with Crippen molar-refractivity contribution in [1.82, 2.24) is 24.4 Å². The molecule has 16 heteroatoms. The van der Waals surface area contributed by atoms with Gasteiger partial charge in [0.05, 0.1) is 52.4 Å². The number of piperazine rings is 1. The lowest BCUT2D eigenvalue weighted by Gasteiger charge is -2.35. The number of rotatable bonds is 7. The van der Waals surface area contributed by atoms with Crippen molar-refractivity contribution in [3.8, 4) is 17.3 Å². The molecule has 1 amide bonds. The van der Waals surface area contributed by atoms with Gasteiger partial charge in [-0.15, -0.1) is 11.3 Å². The number of thiophene rings is 1. The topological polar surface area (TPSA) is 124 Å². The Bertz CT molecular complexity index is 1900. The molecule has 0 saturated carbocycles. The number of aromatic nitrogens is 4. The Morgan fingerprint density at radius 3 is 2.45 bits per heavy atom. The Kier molecular flexibility index (Phi) is 8.46. The molecule has 6 rings (SSSR count). The van der Waals surface area contributed by atoms with Crippen molar-refractivity contribution in [2.75, 3.05) is 62.9 Å². The van der Waals surface area contributed by atoms with Crippen molar-refractivity contribution < 1.29 is 18.7 Å². The fourth-order valence-electron chi connectivity index (χ4n) is 5.30. The molecule has 44 heavy (non-hydrogen) atoms. The fourth-order valence-corrected chi connectivity index (χ4v) is 7.90. The van der Waals surface area contributed by atoms with Gasteiger partial charge in [-0.2, -0.15) is 0 Å². The Morgan fingerprint density at radius 1 is 1.14 bits per heavy atom. The van der Waals surface area contributed by atoms with E-state index in [1.54, 1.807) is 16.0 Å². The summed E-state index contributed by atoms with van der Waals surface area (Å²) in [5.74, 6) is 0.0611. The van der Waals surface area contributed by atoms with Crippen molar-refractivity contribution in [3.05, 3.63) is 49.7 Å². The molecule has 3 aromatic heterocycles. The number of nitrogens with two attached hydrogens (primary N) is 1. The molecule has 0 aliphatic carbocycles. The Hall–Kier alpha value is -3.43. The number of fused-ring (bicyclic) bond motifs is 2. The molecule has 11 nitrogen and oxygen atoms in total. The highest BCUT2D eigenvalue weighted by molar-refractivity contribution is 9.10. The summed E-state index contributed by atoms with van der Waals surface area (Å²) in [5.41, 5.74) is 8.54. The third-order valence-electron chi connectivity index (χ3n) is 7.58. The number of imidazole rings is 1. The number of nitrogens with one attached hydrogen (secondary N) is 1. The number of likely N-dealkylation sites (N-methyl/N-ethyl adjacent to an activating group) is 1. The van der Waals surface area contributed by atoms with E-state index in [9.17, 15) is 4.79 Å². The smallest absolute Gasteiger partial charge is 0.258 e. The monoisotopic (exact) mass is 722 g/mol. The first-order valence-corrected chi connectivity index (χ1v) is 15.9. The zero-order chi connectivity index (χ0) is 31.3. The molecule has 1 aliphatic rings. The number of carbonyl (C=O) groups excluding carboxylic acids is 1. The zero-order valence-corrected chi connectivity index (χ0v) is 27.7. The van der Waals surface area contributed by atoms with E-state index in [4.69, 9.17) is 38.4 Å². The third kappa shape index (κ3) is 5.08. The fraction of sp³-hybridized carbons (Fsp3) is 0.286. The number of hydrogen-bond donors (Lipinski definition) is 2. The Morgan fingerprint density at radius 2 is 1.82 bits per heavy atom. The van der Waals surface area contributed by atoms with Crippen LogP contribution in [0, 0.1) is 5.82 Å². The minimum absolute atomic E-state index is 0.0830. The van der Waals surface area contributed by atoms with E-state index in [1.807, 2.05) is 4.90 Å². The molecule has 0 atom stereocenters. The normalized spacial score (nSPS) is 14.0. The van der Waals surface area contributed by atoms with Crippen molar-refractivity contribution in [2.24, 2.45) is 0 Å². The molecule has 0 bridgehead atoms. The second-order valence-electron chi connectivity index (χ2n) is 9.88. The molecule has 1 saturated heterocycles. The molecule has 2 aromatic carbocycles. The standard InChI is InChI=1S/C28H26BrCl2FN8O3S/c1-4-38-5-7-39(8-6-38)16-10-15-17(9-14(16)32)40(28(33)36-15)26-25-21(34-12-35-26)13(11-44-25)27(41)37-22-19(30)23(42-2)18(29)24(43-3)20(22)31/h9-12H,4-8H2,1-3H3,(H2,33,36)(H,37,41). The minimum Gasteiger partial charge on any atom is -0.494 e. The molecule has 5 aromatic rings. The van der Waals surface area contributed by atoms with E-state index in [-0.39, 0.29) is 44.6 Å². The summed E-state index contributed by atoms with van der Waals surface area (Å²) >= 11 is 17.7. The number of hydrogen-bond acceptors (Lipinski definition) is 10. The summed E-state index contributed by atoms with van der Waals surface area (Å²) in [4.78, 5) is 31.3. The summed E-state index contributed by atoms with van der Waals surface area (Å²) in [6, 6.07) is 3.15.